The largest absolute Gasteiger partial charge is 0.485 e. The van der Waals surface area contributed by atoms with Gasteiger partial charge in [0.05, 0.1) is 20.9 Å². The fourth-order valence-electron chi connectivity index (χ4n) is 1.80. The van der Waals surface area contributed by atoms with Gasteiger partial charge in [-0.25, -0.2) is 0 Å². The number of aromatic nitrogens is 2. The molecule has 102 valence electrons. The third-order valence-corrected chi connectivity index (χ3v) is 4.74. The maximum atomic E-state index is 6.18. The number of rotatable bonds is 4. The number of aryl methyl sites for hydroxylation is 2. The topological polar surface area (TPSA) is 27.1 Å². The van der Waals surface area contributed by atoms with Gasteiger partial charge in [-0.1, -0.05) is 39.7 Å². The van der Waals surface area contributed by atoms with Crippen LogP contribution in [0.15, 0.2) is 22.7 Å². The standard InChI is InChI=1S/C13H13Br2ClN2O/c1-8-12(15)11(18(2)17-8)7-19-13-9(6-14)4-3-5-10(13)16/h3-5H,6-7H2,1-2H3. The van der Waals surface area contributed by atoms with Gasteiger partial charge in [0.2, 0.25) is 0 Å². The number of halogens is 3. The summed E-state index contributed by atoms with van der Waals surface area (Å²) in [6, 6.07) is 5.72. The molecule has 0 N–H and O–H groups in total. The van der Waals surface area contributed by atoms with Crippen LogP contribution in [0, 0.1) is 6.92 Å². The zero-order valence-electron chi connectivity index (χ0n) is 10.6. The minimum Gasteiger partial charge on any atom is -0.485 e. The van der Waals surface area contributed by atoms with Crippen molar-refractivity contribution in [2.45, 2.75) is 18.9 Å². The van der Waals surface area contributed by atoms with Gasteiger partial charge in [0, 0.05) is 17.9 Å². The molecule has 1 aromatic carbocycles. The van der Waals surface area contributed by atoms with E-state index in [0.29, 0.717) is 22.7 Å². The number of alkyl halides is 1. The van der Waals surface area contributed by atoms with Gasteiger partial charge in [0.15, 0.2) is 0 Å². The molecule has 2 rings (SSSR count). The summed E-state index contributed by atoms with van der Waals surface area (Å²) >= 11 is 13.1. The van der Waals surface area contributed by atoms with Crippen LogP contribution in [0.4, 0.5) is 0 Å². The SMILES string of the molecule is Cc1nn(C)c(COc2c(Cl)cccc2CBr)c1Br. The molecule has 0 aliphatic rings. The summed E-state index contributed by atoms with van der Waals surface area (Å²) in [5, 5.41) is 5.66. The lowest BCUT2D eigenvalue weighted by Gasteiger charge is -2.12. The molecule has 6 heteroatoms. The average Bonchev–Trinajstić information content (AvgIpc) is 2.62. The predicted molar refractivity (Wildman–Crippen MR) is 84.1 cm³/mol. The van der Waals surface area contributed by atoms with Crippen molar-refractivity contribution in [1.82, 2.24) is 9.78 Å². The summed E-state index contributed by atoms with van der Waals surface area (Å²) in [6.07, 6.45) is 0. The number of benzene rings is 1. The highest BCUT2D eigenvalue weighted by atomic mass is 79.9. The van der Waals surface area contributed by atoms with E-state index in [1.54, 1.807) is 0 Å². The molecule has 0 radical (unpaired) electrons. The number of hydrogen-bond donors (Lipinski definition) is 0. The highest BCUT2D eigenvalue weighted by Crippen LogP contribution is 2.31. The normalized spacial score (nSPS) is 10.8. The van der Waals surface area contributed by atoms with Crippen molar-refractivity contribution in [3.63, 3.8) is 0 Å². The van der Waals surface area contributed by atoms with Crippen molar-refractivity contribution >= 4 is 43.5 Å². The molecule has 2 aromatic rings. The lowest BCUT2D eigenvalue weighted by molar-refractivity contribution is 0.292. The van der Waals surface area contributed by atoms with Crippen LogP contribution in [0.5, 0.6) is 5.75 Å². The van der Waals surface area contributed by atoms with Crippen LogP contribution >= 0.6 is 43.5 Å². The van der Waals surface area contributed by atoms with E-state index < -0.39 is 0 Å². The van der Waals surface area contributed by atoms with Gasteiger partial charge in [0.1, 0.15) is 12.4 Å². The van der Waals surface area contributed by atoms with E-state index in [1.165, 1.54) is 0 Å². The summed E-state index contributed by atoms with van der Waals surface area (Å²) in [6.45, 7) is 2.37. The minimum absolute atomic E-state index is 0.418. The summed E-state index contributed by atoms with van der Waals surface area (Å²) in [5.41, 5.74) is 2.96. The molecule has 0 amide bonds. The van der Waals surface area contributed by atoms with Crippen LogP contribution in [0.1, 0.15) is 17.0 Å². The van der Waals surface area contributed by atoms with E-state index in [0.717, 1.165) is 21.4 Å². The molecular weight excluding hydrogens is 395 g/mol. The maximum Gasteiger partial charge on any atom is 0.142 e. The number of nitrogens with zero attached hydrogens (tertiary/aromatic N) is 2. The maximum absolute atomic E-state index is 6.18. The molecule has 3 nitrogen and oxygen atoms in total. The lowest BCUT2D eigenvalue weighted by atomic mass is 10.2. The fraction of sp³-hybridized carbons (Fsp3) is 0.308. The lowest BCUT2D eigenvalue weighted by Crippen LogP contribution is -2.05. The number of ether oxygens (including phenoxy) is 1. The Morgan fingerprint density at radius 1 is 1.42 bits per heavy atom. The van der Waals surface area contributed by atoms with Crippen LogP contribution < -0.4 is 4.74 Å². The summed E-state index contributed by atoms with van der Waals surface area (Å²) in [4.78, 5) is 0. The Kier molecular flexibility index (Phi) is 4.92. The van der Waals surface area contributed by atoms with Crippen molar-refractivity contribution in [2.75, 3.05) is 0 Å². The molecule has 0 unspecified atom stereocenters. The van der Waals surface area contributed by atoms with E-state index in [1.807, 2.05) is 36.9 Å². The second-order valence-corrected chi connectivity index (χ2v) is 5.88. The second kappa shape index (κ2) is 6.29. The van der Waals surface area contributed by atoms with Gasteiger partial charge in [-0.3, -0.25) is 4.68 Å². The molecule has 1 heterocycles. The van der Waals surface area contributed by atoms with Gasteiger partial charge in [-0.2, -0.15) is 5.10 Å². The molecular formula is C13H13Br2ClN2O. The van der Waals surface area contributed by atoms with Crippen molar-refractivity contribution in [3.05, 3.63) is 44.6 Å². The van der Waals surface area contributed by atoms with Crippen LogP contribution in [0.3, 0.4) is 0 Å². The molecule has 0 atom stereocenters. The van der Waals surface area contributed by atoms with Crippen LogP contribution in [-0.2, 0) is 19.0 Å². The highest BCUT2D eigenvalue weighted by molar-refractivity contribution is 9.10. The molecule has 0 saturated heterocycles. The van der Waals surface area contributed by atoms with Crippen LogP contribution in [-0.4, -0.2) is 9.78 Å². The Labute approximate surface area is 134 Å². The van der Waals surface area contributed by atoms with E-state index in [2.05, 4.69) is 37.0 Å². The molecule has 0 fully saturated rings. The van der Waals surface area contributed by atoms with Crippen molar-refractivity contribution < 1.29 is 4.74 Å². The first-order chi connectivity index (χ1) is 9.04. The second-order valence-electron chi connectivity index (χ2n) is 4.12. The molecule has 0 bridgehead atoms. The fourth-order valence-corrected chi connectivity index (χ4v) is 2.94. The molecule has 1 aromatic heterocycles. The first-order valence-electron chi connectivity index (χ1n) is 5.68. The van der Waals surface area contributed by atoms with Gasteiger partial charge >= 0.3 is 0 Å². The van der Waals surface area contributed by atoms with Gasteiger partial charge in [-0.05, 0) is 28.9 Å². The first-order valence-corrected chi connectivity index (χ1v) is 7.98. The highest BCUT2D eigenvalue weighted by Gasteiger charge is 2.13. The Morgan fingerprint density at radius 2 is 2.16 bits per heavy atom. The van der Waals surface area contributed by atoms with Crippen molar-refractivity contribution in [1.29, 1.82) is 0 Å². The summed E-state index contributed by atoms with van der Waals surface area (Å²) in [5.74, 6) is 0.715. The smallest absolute Gasteiger partial charge is 0.142 e. The van der Waals surface area contributed by atoms with Crippen LogP contribution in [0.25, 0.3) is 0 Å². The van der Waals surface area contributed by atoms with Crippen LogP contribution in [0.2, 0.25) is 5.02 Å². The molecule has 19 heavy (non-hydrogen) atoms. The summed E-state index contributed by atoms with van der Waals surface area (Å²) in [7, 11) is 1.90. The van der Waals surface area contributed by atoms with Gasteiger partial charge in [0.25, 0.3) is 0 Å². The summed E-state index contributed by atoms with van der Waals surface area (Å²) < 4.78 is 8.65. The third-order valence-electron chi connectivity index (χ3n) is 2.81. The molecule has 0 saturated carbocycles. The zero-order valence-corrected chi connectivity index (χ0v) is 14.5. The van der Waals surface area contributed by atoms with E-state index in [4.69, 9.17) is 16.3 Å². The van der Waals surface area contributed by atoms with Gasteiger partial charge in [-0.15, -0.1) is 0 Å². The molecule has 0 spiro atoms. The van der Waals surface area contributed by atoms with E-state index in [9.17, 15) is 0 Å². The first kappa shape index (κ1) is 14.9. The van der Waals surface area contributed by atoms with Gasteiger partial charge < -0.3 is 4.74 Å². The Bertz CT molecular complexity index is 599. The Balaban J connectivity index is 2.24. The molecule has 0 aliphatic heterocycles. The van der Waals surface area contributed by atoms with Crippen molar-refractivity contribution in [3.8, 4) is 5.75 Å². The quantitative estimate of drug-likeness (QED) is 0.691. The third kappa shape index (κ3) is 3.15. The number of para-hydroxylation sites is 1. The van der Waals surface area contributed by atoms with E-state index >= 15 is 0 Å². The Morgan fingerprint density at radius 3 is 2.74 bits per heavy atom. The monoisotopic (exact) mass is 406 g/mol. The van der Waals surface area contributed by atoms with E-state index in [-0.39, 0.29) is 0 Å². The average molecular weight is 409 g/mol. The minimum atomic E-state index is 0.418. The predicted octanol–water partition coefficient (Wildman–Crippen LogP) is 4.62. The Hall–Kier alpha value is -0.520. The van der Waals surface area contributed by atoms with Crippen molar-refractivity contribution in [2.24, 2.45) is 7.05 Å². The zero-order chi connectivity index (χ0) is 14.0. The molecule has 0 aliphatic carbocycles. The number of hydrogen-bond acceptors (Lipinski definition) is 2.